The highest BCUT2D eigenvalue weighted by molar-refractivity contribution is 6.30. The van der Waals surface area contributed by atoms with E-state index in [4.69, 9.17) is 11.6 Å². The number of aryl methyl sites for hydroxylation is 1. The minimum absolute atomic E-state index is 0.0623. The lowest BCUT2D eigenvalue weighted by Gasteiger charge is -2.23. The smallest absolute Gasteiger partial charge is 0.237 e. The summed E-state index contributed by atoms with van der Waals surface area (Å²) in [5.41, 5.74) is 1.17. The Morgan fingerprint density at radius 3 is 3.00 bits per heavy atom. The average Bonchev–Trinajstić information content (AvgIpc) is 2.28. The minimum Gasteiger partial charge on any atom is -0.353 e. The van der Waals surface area contributed by atoms with Crippen molar-refractivity contribution in [2.24, 2.45) is 0 Å². The molecule has 1 fully saturated rings. The number of halogens is 1. The maximum atomic E-state index is 11.5. The Balaban J connectivity index is 1.89. The molecule has 0 saturated carbocycles. The summed E-state index contributed by atoms with van der Waals surface area (Å²) in [4.78, 5) is 11.5. The van der Waals surface area contributed by atoms with Crippen LogP contribution in [-0.4, -0.2) is 25.0 Å². The van der Waals surface area contributed by atoms with Crippen molar-refractivity contribution in [1.29, 1.82) is 0 Å². The summed E-state index contributed by atoms with van der Waals surface area (Å²) in [7, 11) is 0. The van der Waals surface area contributed by atoms with Crippen LogP contribution in [-0.2, 0) is 11.2 Å². The number of rotatable bonds is 3. The van der Waals surface area contributed by atoms with Gasteiger partial charge >= 0.3 is 0 Å². The van der Waals surface area contributed by atoms with E-state index in [2.05, 4.69) is 10.6 Å². The highest BCUT2D eigenvalue weighted by Gasteiger charge is 2.20. The highest BCUT2D eigenvalue weighted by Crippen LogP contribution is 2.13. The molecular weight excluding hydrogens is 224 g/mol. The number of hydrogen-bond donors (Lipinski definition) is 2. The lowest BCUT2D eigenvalue weighted by atomic mass is 10.0. The van der Waals surface area contributed by atoms with Crippen molar-refractivity contribution in [3.63, 3.8) is 0 Å². The first kappa shape index (κ1) is 11.4. The maximum absolute atomic E-state index is 11.5. The SMILES string of the molecule is O=C1NCCNC1CCc1cccc(Cl)c1. The molecule has 0 bridgehead atoms. The van der Waals surface area contributed by atoms with Crippen LogP contribution in [0.2, 0.25) is 5.02 Å². The van der Waals surface area contributed by atoms with E-state index < -0.39 is 0 Å². The Morgan fingerprint density at radius 1 is 1.38 bits per heavy atom. The molecule has 0 aromatic heterocycles. The van der Waals surface area contributed by atoms with Crippen LogP contribution in [0.3, 0.4) is 0 Å². The fraction of sp³-hybridized carbons (Fsp3) is 0.417. The molecule has 4 heteroatoms. The average molecular weight is 239 g/mol. The first-order valence-corrected chi connectivity index (χ1v) is 5.89. The number of carbonyl (C=O) groups excluding carboxylic acids is 1. The van der Waals surface area contributed by atoms with Crippen molar-refractivity contribution < 1.29 is 4.79 Å². The van der Waals surface area contributed by atoms with Crippen LogP contribution in [0.25, 0.3) is 0 Å². The van der Waals surface area contributed by atoms with Gasteiger partial charge in [-0.05, 0) is 30.5 Å². The number of nitrogens with one attached hydrogen (secondary N) is 2. The Bertz CT molecular complexity index is 381. The zero-order valence-corrected chi connectivity index (χ0v) is 9.76. The molecule has 1 aromatic carbocycles. The molecule has 1 heterocycles. The maximum Gasteiger partial charge on any atom is 0.237 e. The van der Waals surface area contributed by atoms with Gasteiger partial charge in [0.05, 0.1) is 6.04 Å². The van der Waals surface area contributed by atoms with Gasteiger partial charge in [0.1, 0.15) is 0 Å². The summed E-state index contributed by atoms with van der Waals surface area (Å²) >= 11 is 5.90. The summed E-state index contributed by atoms with van der Waals surface area (Å²) in [6, 6.07) is 7.71. The van der Waals surface area contributed by atoms with Gasteiger partial charge in [-0.15, -0.1) is 0 Å². The van der Waals surface area contributed by atoms with Gasteiger partial charge in [0, 0.05) is 18.1 Å². The van der Waals surface area contributed by atoms with E-state index in [1.54, 1.807) is 0 Å². The summed E-state index contributed by atoms with van der Waals surface area (Å²) in [5.74, 6) is 0.105. The molecule has 3 nitrogen and oxygen atoms in total. The second-order valence-corrected chi connectivity index (χ2v) is 4.40. The third-order valence-corrected chi connectivity index (χ3v) is 2.98. The Hall–Kier alpha value is -1.06. The van der Waals surface area contributed by atoms with Crippen molar-refractivity contribution >= 4 is 17.5 Å². The van der Waals surface area contributed by atoms with Gasteiger partial charge in [-0.25, -0.2) is 0 Å². The van der Waals surface area contributed by atoms with Gasteiger partial charge in [-0.3, -0.25) is 4.79 Å². The predicted octanol–water partition coefficient (Wildman–Crippen LogP) is 1.36. The van der Waals surface area contributed by atoms with E-state index in [1.165, 1.54) is 5.56 Å². The van der Waals surface area contributed by atoms with Crippen LogP contribution < -0.4 is 10.6 Å². The van der Waals surface area contributed by atoms with Crippen molar-refractivity contribution in [2.75, 3.05) is 13.1 Å². The molecule has 86 valence electrons. The van der Waals surface area contributed by atoms with Crippen molar-refractivity contribution in [3.8, 4) is 0 Å². The molecule has 1 aliphatic heterocycles. The van der Waals surface area contributed by atoms with Crippen LogP contribution in [0.5, 0.6) is 0 Å². The summed E-state index contributed by atoms with van der Waals surface area (Å²) in [5, 5.41) is 6.81. The van der Waals surface area contributed by atoms with Gasteiger partial charge in [0.2, 0.25) is 5.91 Å². The van der Waals surface area contributed by atoms with Gasteiger partial charge in [-0.2, -0.15) is 0 Å². The monoisotopic (exact) mass is 238 g/mol. The first-order valence-electron chi connectivity index (χ1n) is 5.51. The number of amides is 1. The van der Waals surface area contributed by atoms with E-state index in [0.717, 1.165) is 31.0 Å². The molecule has 2 rings (SSSR count). The quantitative estimate of drug-likeness (QED) is 0.835. The molecular formula is C12H15ClN2O. The largest absolute Gasteiger partial charge is 0.353 e. The molecule has 1 saturated heterocycles. The molecule has 16 heavy (non-hydrogen) atoms. The fourth-order valence-corrected chi connectivity index (χ4v) is 2.10. The number of carbonyl (C=O) groups is 1. The topological polar surface area (TPSA) is 41.1 Å². The second-order valence-electron chi connectivity index (χ2n) is 3.97. The molecule has 1 aliphatic rings. The normalized spacial score (nSPS) is 20.6. The third kappa shape index (κ3) is 2.97. The summed E-state index contributed by atoms with van der Waals surface area (Å²) in [6.07, 6.45) is 1.68. The molecule has 1 unspecified atom stereocenters. The molecule has 2 N–H and O–H groups in total. The van der Waals surface area contributed by atoms with Gasteiger partial charge in [-0.1, -0.05) is 23.7 Å². The van der Waals surface area contributed by atoms with E-state index in [-0.39, 0.29) is 11.9 Å². The lowest BCUT2D eigenvalue weighted by Crippen LogP contribution is -2.52. The van der Waals surface area contributed by atoms with Gasteiger partial charge in [0.25, 0.3) is 0 Å². The molecule has 1 aromatic rings. The van der Waals surface area contributed by atoms with Crippen molar-refractivity contribution in [1.82, 2.24) is 10.6 Å². The van der Waals surface area contributed by atoms with E-state index >= 15 is 0 Å². The lowest BCUT2D eigenvalue weighted by molar-refractivity contribution is -0.124. The molecule has 0 radical (unpaired) electrons. The van der Waals surface area contributed by atoms with E-state index in [9.17, 15) is 4.79 Å². The standard InChI is InChI=1S/C12H15ClN2O/c13-10-3-1-2-9(8-10)4-5-11-12(16)15-7-6-14-11/h1-3,8,11,14H,4-7H2,(H,15,16). The first-order chi connectivity index (χ1) is 7.75. The highest BCUT2D eigenvalue weighted by atomic mass is 35.5. The van der Waals surface area contributed by atoms with Crippen LogP contribution in [0.4, 0.5) is 0 Å². The molecule has 0 aliphatic carbocycles. The van der Waals surface area contributed by atoms with E-state index in [1.807, 2.05) is 24.3 Å². The van der Waals surface area contributed by atoms with Crippen LogP contribution >= 0.6 is 11.6 Å². The molecule has 0 spiro atoms. The van der Waals surface area contributed by atoms with Crippen molar-refractivity contribution in [2.45, 2.75) is 18.9 Å². The fourth-order valence-electron chi connectivity index (χ4n) is 1.88. The summed E-state index contributed by atoms with van der Waals surface area (Å²) < 4.78 is 0. The van der Waals surface area contributed by atoms with Crippen LogP contribution in [0.1, 0.15) is 12.0 Å². The van der Waals surface area contributed by atoms with Crippen LogP contribution in [0, 0.1) is 0 Å². The zero-order valence-electron chi connectivity index (χ0n) is 9.00. The summed E-state index contributed by atoms with van der Waals surface area (Å²) in [6.45, 7) is 1.58. The zero-order chi connectivity index (χ0) is 11.4. The number of piperazine rings is 1. The van der Waals surface area contributed by atoms with Crippen LogP contribution in [0.15, 0.2) is 24.3 Å². The van der Waals surface area contributed by atoms with Gasteiger partial charge in [0.15, 0.2) is 0 Å². The molecule has 1 amide bonds. The van der Waals surface area contributed by atoms with Gasteiger partial charge < -0.3 is 10.6 Å². The minimum atomic E-state index is -0.0623. The second kappa shape index (κ2) is 5.32. The Kier molecular flexibility index (Phi) is 3.80. The Labute approximate surface area is 100 Å². The Morgan fingerprint density at radius 2 is 2.25 bits per heavy atom. The predicted molar refractivity (Wildman–Crippen MR) is 64.6 cm³/mol. The third-order valence-electron chi connectivity index (χ3n) is 2.74. The van der Waals surface area contributed by atoms with Crippen molar-refractivity contribution in [3.05, 3.63) is 34.9 Å². The molecule has 1 atom stereocenters. The number of benzene rings is 1. The van der Waals surface area contributed by atoms with E-state index in [0.29, 0.717) is 0 Å². The number of hydrogen-bond acceptors (Lipinski definition) is 2.